The number of nitrogens with one attached hydrogen (secondary N) is 1. The first-order valence-electron chi connectivity index (χ1n) is 5.21. The fourth-order valence-electron chi connectivity index (χ4n) is 1.82. The molecule has 1 aromatic rings. The Morgan fingerprint density at radius 1 is 1.44 bits per heavy atom. The van der Waals surface area contributed by atoms with E-state index in [1.54, 1.807) is 17.0 Å². The van der Waals surface area contributed by atoms with Crippen LogP contribution < -0.4 is 11.1 Å². The Morgan fingerprint density at radius 3 is 2.75 bits per heavy atom. The lowest BCUT2D eigenvalue weighted by atomic mass is 10.1. The molecule has 1 heterocycles. The van der Waals surface area contributed by atoms with Crippen molar-refractivity contribution in [2.45, 2.75) is 6.04 Å². The van der Waals surface area contributed by atoms with Gasteiger partial charge in [0.15, 0.2) is 0 Å². The fraction of sp³-hybridized carbons (Fsp3) is 0.364. The minimum absolute atomic E-state index is 0.0698. The number of carbonyl (C=O) groups excluding carboxylic acids is 1. The van der Waals surface area contributed by atoms with Crippen LogP contribution in [0.5, 0.6) is 0 Å². The number of urea groups is 1. The quantitative estimate of drug-likeness (QED) is 0.798. The largest absolute Gasteiger partial charge is 0.329 e. The molecule has 0 aliphatic carbocycles. The van der Waals surface area contributed by atoms with Crippen molar-refractivity contribution in [1.29, 1.82) is 0 Å². The molecule has 1 fully saturated rings. The van der Waals surface area contributed by atoms with Crippen LogP contribution in [-0.4, -0.2) is 30.6 Å². The highest BCUT2D eigenvalue weighted by Gasteiger charge is 2.28. The standard InChI is InChI=1S/C11H14FN3O/c12-9-3-1-8(2-4-9)10-7-15(6-5-13)11(16)14-10/h1-4,10H,5-7,13H2,(H,14,16). The Hall–Kier alpha value is -1.62. The van der Waals surface area contributed by atoms with Crippen LogP contribution >= 0.6 is 0 Å². The molecule has 1 saturated heterocycles. The van der Waals surface area contributed by atoms with E-state index in [-0.39, 0.29) is 17.9 Å². The minimum Gasteiger partial charge on any atom is -0.329 e. The van der Waals surface area contributed by atoms with Gasteiger partial charge in [0.25, 0.3) is 0 Å². The fourth-order valence-corrected chi connectivity index (χ4v) is 1.82. The lowest BCUT2D eigenvalue weighted by molar-refractivity contribution is 0.218. The van der Waals surface area contributed by atoms with Gasteiger partial charge in [0, 0.05) is 19.6 Å². The normalized spacial score (nSPS) is 20.0. The first kappa shape index (κ1) is 10.9. The lowest BCUT2D eigenvalue weighted by Crippen LogP contribution is -2.32. The highest BCUT2D eigenvalue weighted by atomic mass is 19.1. The third-order valence-electron chi connectivity index (χ3n) is 2.66. The molecule has 86 valence electrons. The van der Waals surface area contributed by atoms with Crippen LogP contribution in [0.25, 0.3) is 0 Å². The number of benzene rings is 1. The van der Waals surface area contributed by atoms with Crippen LogP contribution in [0.15, 0.2) is 24.3 Å². The van der Waals surface area contributed by atoms with Crippen LogP contribution in [0.2, 0.25) is 0 Å². The predicted octanol–water partition coefficient (Wildman–Crippen LogP) is 0.851. The van der Waals surface area contributed by atoms with Crippen molar-refractivity contribution in [2.24, 2.45) is 5.73 Å². The molecular weight excluding hydrogens is 209 g/mol. The highest BCUT2D eigenvalue weighted by Crippen LogP contribution is 2.19. The number of hydrogen-bond donors (Lipinski definition) is 2. The van der Waals surface area contributed by atoms with Crippen LogP contribution in [0, 0.1) is 5.82 Å². The minimum atomic E-state index is -0.271. The molecule has 2 rings (SSSR count). The molecule has 1 aliphatic heterocycles. The van der Waals surface area contributed by atoms with Crippen molar-refractivity contribution in [1.82, 2.24) is 10.2 Å². The zero-order valence-corrected chi connectivity index (χ0v) is 8.82. The number of carbonyl (C=O) groups is 1. The average molecular weight is 223 g/mol. The van der Waals surface area contributed by atoms with Gasteiger partial charge in [-0.3, -0.25) is 0 Å². The van der Waals surface area contributed by atoms with Crippen molar-refractivity contribution >= 4 is 6.03 Å². The van der Waals surface area contributed by atoms with E-state index in [0.29, 0.717) is 19.6 Å². The van der Waals surface area contributed by atoms with Gasteiger partial charge in [0.2, 0.25) is 0 Å². The smallest absolute Gasteiger partial charge is 0.318 e. The van der Waals surface area contributed by atoms with E-state index >= 15 is 0 Å². The Balaban J connectivity index is 2.07. The predicted molar refractivity (Wildman–Crippen MR) is 58.3 cm³/mol. The van der Waals surface area contributed by atoms with Gasteiger partial charge in [0.05, 0.1) is 6.04 Å². The monoisotopic (exact) mass is 223 g/mol. The molecule has 0 bridgehead atoms. The number of halogens is 1. The molecular formula is C11H14FN3O. The van der Waals surface area contributed by atoms with Crippen molar-refractivity contribution in [2.75, 3.05) is 19.6 Å². The van der Waals surface area contributed by atoms with Crippen LogP contribution in [-0.2, 0) is 0 Å². The third kappa shape index (κ3) is 2.14. The van der Waals surface area contributed by atoms with Crippen molar-refractivity contribution in [3.8, 4) is 0 Å². The molecule has 1 atom stereocenters. The molecule has 16 heavy (non-hydrogen) atoms. The topological polar surface area (TPSA) is 58.4 Å². The van der Waals surface area contributed by atoms with Crippen LogP contribution in [0.4, 0.5) is 9.18 Å². The summed E-state index contributed by atoms with van der Waals surface area (Å²) in [7, 11) is 0. The van der Waals surface area contributed by atoms with Gasteiger partial charge in [-0.2, -0.15) is 0 Å². The summed E-state index contributed by atoms with van der Waals surface area (Å²) >= 11 is 0. The molecule has 1 aliphatic rings. The van der Waals surface area contributed by atoms with E-state index in [0.717, 1.165) is 5.56 Å². The van der Waals surface area contributed by atoms with E-state index in [9.17, 15) is 9.18 Å². The Bertz CT molecular complexity index is 379. The van der Waals surface area contributed by atoms with Gasteiger partial charge in [-0.25, -0.2) is 9.18 Å². The van der Waals surface area contributed by atoms with Gasteiger partial charge in [0.1, 0.15) is 5.82 Å². The summed E-state index contributed by atoms with van der Waals surface area (Å²) in [6.45, 7) is 1.58. The Labute approximate surface area is 93.2 Å². The summed E-state index contributed by atoms with van der Waals surface area (Å²) in [4.78, 5) is 13.2. The molecule has 5 heteroatoms. The molecule has 0 aromatic heterocycles. The Morgan fingerprint density at radius 2 is 2.12 bits per heavy atom. The number of amides is 2. The number of rotatable bonds is 3. The summed E-state index contributed by atoms with van der Waals surface area (Å²) in [5, 5.41) is 2.83. The summed E-state index contributed by atoms with van der Waals surface area (Å²) in [6.07, 6.45) is 0. The second kappa shape index (κ2) is 4.49. The van der Waals surface area contributed by atoms with Crippen LogP contribution in [0.1, 0.15) is 11.6 Å². The summed E-state index contributed by atoms with van der Waals surface area (Å²) < 4.78 is 12.7. The van der Waals surface area contributed by atoms with Crippen molar-refractivity contribution in [3.63, 3.8) is 0 Å². The van der Waals surface area contributed by atoms with Gasteiger partial charge in [-0.1, -0.05) is 12.1 Å². The van der Waals surface area contributed by atoms with Crippen molar-refractivity contribution in [3.05, 3.63) is 35.6 Å². The molecule has 1 unspecified atom stereocenters. The van der Waals surface area contributed by atoms with E-state index in [1.165, 1.54) is 12.1 Å². The second-order valence-corrected chi connectivity index (χ2v) is 3.79. The van der Waals surface area contributed by atoms with E-state index in [2.05, 4.69) is 5.32 Å². The maximum absolute atomic E-state index is 12.7. The molecule has 0 radical (unpaired) electrons. The zero-order valence-electron chi connectivity index (χ0n) is 8.82. The number of nitrogens with two attached hydrogens (primary N) is 1. The molecule has 2 amide bonds. The first-order chi connectivity index (χ1) is 7.70. The van der Waals surface area contributed by atoms with E-state index in [4.69, 9.17) is 5.73 Å². The number of hydrogen-bond acceptors (Lipinski definition) is 2. The summed E-state index contributed by atoms with van der Waals surface area (Å²) in [5.74, 6) is -0.271. The summed E-state index contributed by atoms with van der Waals surface area (Å²) in [6, 6.07) is 5.98. The van der Waals surface area contributed by atoms with Gasteiger partial charge in [-0.05, 0) is 17.7 Å². The second-order valence-electron chi connectivity index (χ2n) is 3.79. The van der Waals surface area contributed by atoms with Gasteiger partial charge in [-0.15, -0.1) is 0 Å². The van der Waals surface area contributed by atoms with E-state index < -0.39 is 0 Å². The SMILES string of the molecule is NCCN1CC(c2ccc(F)cc2)NC1=O. The van der Waals surface area contributed by atoms with Gasteiger partial charge < -0.3 is 16.0 Å². The van der Waals surface area contributed by atoms with E-state index in [1.807, 2.05) is 0 Å². The molecule has 0 saturated carbocycles. The lowest BCUT2D eigenvalue weighted by Gasteiger charge is -2.12. The maximum Gasteiger partial charge on any atom is 0.318 e. The van der Waals surface area contributed by atoms with Gasteiger partial charge >= 0.3 is 6.03 Å². The molecule has 1 aromatic carbocycles. The maximum atomic E-state index is 12.7. The third-order valence-corrected chi connectivity index (χ3v) is 2.66. The molecule has 0 spiro atoms. The molecule has 4 nitrogen and oxygen atoms in total. The highest BCUT2D eigenvalue weighted by molar-refractivity contribution is 5.77. The summed E-state index contributed by atoms with van der Waals surface area (Å²) in [5.41, 5.74) is 6.31. The van der Waals surface area contributed by atoms with Crippen LogP contribution in [0.3, 0.4) is 0 Å². The molecule has 3 N–H and O–H groups in total. The zero-order chi connectivity index (χ0) is 11.5. The average Bonchev–Trinajstić information content (AvgIpc) is 2.62. The first-order valence-corrected chi connectivity index (χ1v) is 5.21. The van der Waals surface area contributed by atoms with Crippen molar-refractivity contribution < 1.29 is 9.18 Å². The number of nitrogens with zero attached hydrogens (tertiary/aromatic N) is 1. The Kier molecular flexibility index (Phi) is 3.05.